The van der Waals surface area contributed by atoms with Crippen molar-refractivity contribution in [2.75, 3.05) is 0 Å². The summed E-state index contributed by atoms with van der Waals surface area (Å²) in [6, 6.07) is 0. The number of carboxylic acids is 1. The molecule has 0 spiro atoms. The first kappa shape index (κ1) is 10.4. The molecule has 0 aromatic carbocycles. The summed E-state index contributed by atoms with van der Waals surface area (Å²) in [5, 5.41) is 17.7. The summed E-state index contributed by atoms with van der Waals surface area (Å²) in [5.74, 6) is -6.32. The minimum absolute atomic E-state index is 0.0461. The molecule has 1 aliphatic carbocycles. The summed E-state index contributed by atoms with van der Waals surface area (Å²) in [5.41, 5.74) is -2.35. The van der Waals surface area contributed by atoms with Gasteiger partial charge in [-0.3, -0.25) is 0 Å². The van der Waals surface area contributed by atoms with Gasteiger partial charge in [-0.1, -0.05) is 6.92 Å². The highest BCUT2D eigenvalue weighted by atomic mass is 19.3. The summed E-state index contributed by atoms with van der Waals surface area (Å²) in [6.07, 6.45) is 0.152. The average molecular weight is 194 g/mol. The van der Waals surface area contributed by atoms with Crippen LogP contribution in [0.2, 0.25) is 0 Å². The van der Waals surface area contributed by atoms with Gasteiger partial charge in [0.25, 0.3) is 0 Å². The van der Waals surface area contributed by atoms with E-state index in [9.17, 15) is 18.7 Å². The van der Waals surface area contributed by atoms with Crippen LogP contribution in [0.3, 0.4) is 0 Å². The van der Waals surface area contributed by atoms with Gasteiger partial charge in [0.05, 0.1) is 0 Å². The number of aliphatic hydroxyl groups is 1. The molecule has 0 saturated heterocycles. The SMILES string of the molecule is CC1CCC(O)(C(F)(F)C(=O)O)C1. The highest BCUT2D eigenvalue weighted by molar-refractivity contribution is 5.77. The van der Waals surface area contributed by atoms with Gasteiger partial charge in [-0.2, -0.15) is 8.78 Å². The van der Waals surface area contributed by atoms with E-state index in [1.54, 1.807) is 6.92 Å². The normalized spacial score (nSPS) is 34.9. The van der Waals surface area contributed by atoms with Gasteiger partial charge in [-0.05, 0) is 25.2 Å². The Morgan fingerprint density at radius 1 is 1.62 bits per heavy atom. The Kier molecular flexibility index (Phi) is 2.32. The van der Waals surface area contributed by atoms with Crippen molar-refractivity contribution in [3.05, 3.63) is 0 Å². The molecule has 0 bridgehead atoms. The van der Waals surface area contributed by atoms with Crippen molar-refractivity contribution in [2.24, 2.45) is 5.92 Å². The van der Waals surface area contributed by atoms with Crippen molar-refractivity contribution in [1.29, 1.82) is 0 Å². The van der Waals surface area contributed by atoms with Crippen LogP contribution in [0.1, 0.15) is 26.2 Å². The molecule has 0 radical (unpaired) electrons. The lowest BCUT2D eigenvalue weighted by Crippen LogP contribution is -2.51. The van der Waals surface area contributed by atoms with E-state index >= 15 is 0 Å². The van der Waals surface area contributed by atoms with E-state index in [2.05, 4.69) is 0 Å². The zero-order valence-corrected chi connectivity index (χ0v) is 7.26. The summed E-state index contributed by atoms with van der Waals surface area (Å²) < 4.78 is 25.9. The predicted molar refractivity (Wildman–Crippen MR) is 40.5 cm³/mol. The zero-order chi connectivity index (χ0) is 10.3. The van der Waals surface area contributed by atoms with Gasteiger partial charge < -0.3 is 10.2 Å². The molecule has 0 aromatic rings. The lowest BCUT2D eigenvalue weighted by molar-refractivity contribution is -0.207. The summed E-state index contributed by atoms with van der Waals surface area (Å²) in [7, 11) is 0. The molecule has 2 N–H and O–H groups in total. The van der Waals surface area contributed by atoms with Crippen LogP contribution in [0.5, 0.6) is 0 Å². The van der Waals surface area contributed by atoms with E-state index in [-0.39, 0.29) is 18.8 Å². The van der Waals surface area contributed by atoms with E-state index in [1.165, 1.54) is 0 Å². The molecule has 1 fully saturated rings. The zero-order valence-electron chi connectivity index (χ0n) is 7.26. The maximum atomic E-state index is 13.0. The van der Waals surface area contributed by atoms with Crippen molar-refractivity contribution < 1.29 is 23.8 Å². The smallest absolute Gasteiger partial charge is 0.377 e. The molecule has 0 amide bonds. The predicted octanol–water partition coefficient (Wildman–Crippen LogP) is 1.26. The average Bonchev–Trinajstić information content (AvgIpc) is 2.32. The third kappa shape index (κ3) is 1.52. The Hall–Kier alpha value is -0.710. The number of alkyl halides is 2. The number of hydrogen-bond donors (Lipinski definition) is 2. The molecular formula is C8H12F2O3. The Morgan fingerprint density at radius 2 is 2.15 bits per heavy atom. The van der Waals surface area contributed by atoms with Gasteiger partial charge in [0, 0.05) is 0 Å². The number of rotatable bonds is 2. The van der Waals surface area contributed by atoms with E-state index in [4.69, 9.17) is 5.11 Å². The first-order valence-corrected chi connectivity index (χ1v) is 4.13. The lowest BCUT2D eigenvalue weighted by Gasteiger charge is -2.28. The van der Waals surface area contributed by atoms with Crippen LogP contribution in [-0.2, 0) is 4.79 Å². The molecule has 2 unspecified atom stereocenters. The van der Waals surface area contributed by atoms with Gasteiger partial charge in [0.15, 0.2) is 0 Å². The largest absolute Gasteiger partial charge is 0.477 e. The monoisotopic (exact) mass is 194 g/mol. The lowest BCUT2D eigenvalue weighted by atomic mass is 9.93. The molecule has 1 rings (SSSR count). The minimum Gasteiger partial charge on any atom is -0.477 e. The minimum atomic E-state index is -4.03. The standard InChI is InChI=1S/C8H12F2O3/c1-5-2-3-7(13,4-5)8(9,10)6(11)12/h5,13H,2-4H2,1H3,(H,11,12). The van der Waals surface area contributed by atoms with Crippen LogP contribution < -0.4 is 0 Å². The molecule has 1 aliphatic rings. The molecule has 0 heterocycles. The molecule has 3 nitrogen and oxygen atoms in total. The quantitative estimate of drug-likeness (QED) is 0.695. The highest BCUT2D eigenvalue weighted by Crippen LogP contribution is 2.44. The van der Waals surface area contributed by atoms with Crippen LogP contribution in [0.4, 0.5) is 8.78 Å². The van der Waals surface area contributed by atoms with E-state index < -0.39 is 17.5 Å². The second kappa shape index (κ2) is 2.90. The Bertz CT molecular complexity index is 229. The second-order valence-electron chi connectivity index (χ2n) is 3.76. The molecule has 13 heavy (non-hydrogen) atoms. The van der Waals surface area contributed by atoms with E-state index in [0.717, 1.165) is 0 Å². The summed E-state index contributed by atoms with van der Waals surface area (Å²) in [4.78, 5) is 10.2. The third-order valence-electron chi connectivity index (χ3n) is 2.59. The van der Waals surface area contributed by atoms with Crippen LogP contribution in [0.25, 0.3) is 0 Å². The summed E-state index contributed by atoms with van der Waals surface area (Å²) in [6.45, 7) is 1.72. The number of carbonyl (C=O) groups is 1. The maximum absolute atomic E-state index is 13.0. The molecule has 0 aromatic heterocycles. The van der Waals surface area contributed by atoms with Crippen molar-refractivity contribution >= 4 is 5.97 Å². The van der Waals surface area contributed by atoms with Crippen LogP contribution >= 0.6 is 0 Å². The molecule has 2 atom stereocenters. The van der Waals surface area contributed by atoms with Gasteiger partial charge >= 0.3 is 11.9 Å². The first-order valence-electron chi connectivity index (χ1n) is 4.13. The van der Waals surface area contributed by atoms with E-state index in [1.807, 2.05) is 0 Å². The number of aliphatic carboxylic acids is 1. The van der Waals surface area contributed by atoms with Gasteiger partial charge in [-0.25, -0.2) is 4.79 Å². The van der Waals surface area contributed by atoms with Crippen LogP contribution in [0, 0.1) is 5.92 Å². The molecule has 76 valence electrons. The van der Waals surface area contributed by atoms with Crippen LogP contribution in [0.15, 0.2) is 0 Å². The maximum Gasteiger partial charge on any atom is 0.377 e. The van der Waals surface area contributed by atoms with Crippen molar-refractivity contribution in [1.82, 2.24) is 0 Å². The Morgan fingerprint density at radius 3 is 2.46 bits per heavy atom. The third-order valence-corrected chi connectivity index (χ3v) is 2.59. The topological polar surface area (TPSA) is 57.5 Å². The number of carboxylic acid groups (broad SMARTS) is 1. The fourth-order valence-electron chi connectivity index (χ4n) is 1.75. The molecule has 0 aliphatic heterocycles. The van der Waals surface area contributed by atoms with Crippen molar-refractivity contribution in [2.45, 2.75) is 37.7 Å². The Balaban J connectivity index is 2.86. The van der Waals surface area contributed by atoms with Crippen LogP contribution in [-0.4, -0.2) is 27.7 Å². The molecule has 1 saturated carbocycles. The summed E-state index contributed by atoms with van der Waals surface area (Å²) >= 11 is 0. The van der Waals surface area contributed by atoms with E-state index in [0.29, 0.717) is 6.42 Å². The van der Waals surface area contributed by atoms with Crippen molar-refractivity contribution in [3.63, 3.8) is 0 Å². The van der Waals surface area contributed by atoms with Gasteiger partial charge in [0.1, 0.15) is 5.60 Å². The van der Waals surface area contributed by atoms with Gasteiger partial charge in [-0.15, -0.1) is 0 Å². The fraction of sp³-hybridized carbons (Fsp3) is 0.875. The van der Waals surface area contributed by atoms with Crippen molar-refractivity contribution in [3.8, 4) is 0 Å². The second-order valence-corrected chi connectivity index (χ2v) is 3.76. The number of halogens is 2. The molecular weight excluding hydrogens is 182 g/mol. The molecule has 5 heteroatoms. The fourth-order valence-corrected chi connectivity index (χ4v) is 1.75. The van der Waals surface area contributed by atoms with Gasteiger partial charge in [0.2, 0.25) is 0 Å². The number of hydrogen-bond acceptors (Lipinski definition) is 2. The Labute approximate surface area is 74.4 Å². The first-order chi connectivity index (χ1) is 5.79. The highest BCUT2D eigenvalue weighted by Gasteiger charge is 2.60.